The predicted octanol–water partition coefficient (Wildman–Crippen LogP) is -1.44. The molecule has 0 saturated carbocycles. The largest absolute Gasteiger partial charge is 0.358 e. The molecular weight excluding hydrogens is 494 g/mol. The summed E-state index contributed by atoms with van der Waals surface area (Å²) in [5.74, 6) is 0. The molecule has 0 atom stereocenters. The molecular formula is C20H18I2+2. The lowest BCUT2D eigenvalue weighted by atomic mass is 10.2. The maximum absolute atomic E-state index is 2.34. The number of halogens is 2. The van der Waals surface area contributed by atoms with E-state index < -0.39 is 0 Å². The van der Waals surface area contributed by atoms with Crippen LogP contribution in [0.2, 0.25) is 0 Å². The van der Waals surface area contributed by atoms with Crippen molar-refractivity contribution in [1.82, 2.24) is 0 Å². The summed E-state index contributed by atoms with van der Waals surface area (Å²) in [7, 11) is 0. The number of aryl methyl sites for hydroxylation is 2. The van der Waals surface area contributed by atoms with Crippen molar-refractivity contribution in [1.29, 1.82) is 0 Å². The molecule has 0 N–H and O–H groups in total. The average molecular weight is 512 g/mol. The minimum atomic E-state index is -0.0758. The van der Waals surface area contributed by atoms with Gasteiger partial charge in [0, 0.05) is 11.1 Å². The maximum Gasteiger partial charge on any atom is 0.358 e. The number of rotatable bonds is 4. The van der Waals surface area contributed by atoms with E-state index in [1.807, 2.05) is 0 Å². The van der Waals surface area contributed by atoms with E-state index in [9.17, 15) is 0 Å². The molecule has 0 amide bonds. The molecule has 0 bridgehead atoms. The minimum absolute atomic E-state index is 0.0451. The van der Waals surface area contributed by atoms with Crippen LogP contribution in [0.3, 0.4) is 0 Å². The van der Waals surface area contributed by atoms with Gasteiger partial charge in [-0.1, -0.05) is 36.4 Å². The van der Waals surface area contributed by atoms with E-state index in [0.717, 1.165) is 0 Å². The Balaban J connectivity index is 1.74. The van der Waals surface area contributed by atoms with Gasteiger partial charge < -0.3 is 0 Å². The molecule has 0 heterocycles. The highest BCUT2D eigenvalue weighted by Gasteiger charge is 2.22. The van der Waals surface area contributed by atoms with Gasteiger partial charge in [0.05, 0.1) is 0 Å². The Morgan fingerprint density at radius 2 is 1.00 bits per heavy atom. The normalized spacial score (nSPS) is 10.6. The fourth-order valence-electron chi connectivity index (χ4n) is 2.21. The van der Waals surface area contributed by atoms with Gasteiger partial charge in [-0.3, -0.25) is 0 Å². The van der Waals surface area contributed by atoms with Crippen LogP contribution in [-0.4, -0.2) is 0 Å². The number of hydrogen-bond donors (Lipinski definition) is 0. The Hall–Kier alpha value is -0.880. The highest BCUT2D eigenvalue weighted by atomic mass is 127. The topological polar surface area (TPSA) is 0 Å². The van der Waals surface area contributed by atoms with E-state index in [2.05, 4.69) is 86.6 Å². The van der Waals surface area contributed by atoms with Crippen LogP contribution in [0, 0.1) is 28.1 Å². The molecule has 0 aliphatic heterocycles. The third-order valence-corrected chi connectivity index (χ3v) is 9.61. The molecule has 0 unspecified atom stereocenters. The van der Waals surface area contributed by atoms with Gasteiger partial charge in [0.25, 0.3) is 0 Å². The first-order valence-corrected chi connectivity index (χ1v) is 11.5. The molecule has 0 saturated heterocycles. The molecule has 0 nitrogen and oxygen atoms in total. The Morgan fingerprint density at radius 1 is 0.500 bits per heavy atom. The molecule has 22 heavy (non-hydrogen) atoms. The Bertz CT molecular complexity index is 726. The first kappa shape index (κ1) is 16.0. The summed E-state index contributed by atoms with van der Waals surface area (Å²) in [6.07, 6.45) is 0. The van der Waals surface area contributed by atoms with Crippen LogP contribution in [0.1, 0.15) is 11.1 Å². The molecule has 0 aliphatic rings. The fraction of sp³-hybridized carbons (Fsp3) is 0.100. The maximum atomic E-state index is 2.34. The van der Waals surface area contributed by atoms with Crippen LogP contribution in [0.25, 0.3) is 0 Å². The quantitative estimate of drug-likeness (QED) is 0.376. The highest BCUT2D eigenvalue weighted by Crippen LogP contribution is 2.02. The van der Waals surface area contributed by atoms with E-state index in [0.29, 0.717) is 0 Å². The van der Waals surface area contributed by atoms with Gasteiger partial charge in [0.1, 0.15) is 0 Å². The second-order valence-corrected chi connectivity index (χ2v) is 11.0. The van der Waals surface area contributed by atoms with Crippen molar-refractivity contribution in [2.24, 2.45) is 0 Å². The zero-order chi connectivity index (χ0) is 15.4. The number of benzene rings is 3. The van der Waals surface area contributed by atoms with Crippen LogP contribution in [0.5, 0.6) is 0 Å². The summed E-state index contributed by atoms with van der Waals surface area (Å²) in [5, 5.41) is 0. The Morgan fingerprint density at radius 3 is 1.59 bits per heavy atom. The monoisotopic (exact) mass is 512 g/mol. The number of hydrogen-bond acceptors (Lipinski definition) is 0. The van der Waals surface area contributed by atoms with Gasteiger partial charge in [-0.25, -0.2) is 0 Å². The highest BCUT2D eigenvalue weighted by molar-refractivity contribution is 5.20. The summed E-state index contributed by atoms with van der Waals surface area (Å²) in [4.78, 5) is 0. The van der Waals surface area contributed by atoms with E-state index in [1.165, 1.54) is 21.8 Å². The van der Waals surface area contributed by atoms with Gasteiger partial charge in [-0.15, -0.1) is 0 Å². The van der Waals surface area contributed by atoms with Crippen molar-refractivity contribution in [3.63, 3.8) is 0 Å². The van der Waals surface area contributed by atoms with Crippen molar-refractivity contribution in [3.05, 3.63) is 98.2 Å². The molecule has 3 aromatic rings. The summed E-state index contributed by atoms with van der Waals surface area (Å²) in [6.45, 7) is 4.47. The van der Waals surface area contributed by atoms with Crippen molar-refractivity contribution < 1.29 is 42.4 Å². The van der Waals surface area contributed by atoms with Crippen LogP contribution in [-0.2, 0) is 0 Å². The summed E-state index contributed by atoms with van der Waals surface area (Å²) in [6, 6.07) is 26.8. The van der Waals surface area contributed by atoms with Crippen LogP contribution < -0.4 is 42.4 Å². The molecule has 110 valence electrons. The summed E-state index contributed by atoms with van der Waals surface area (Å²) >= 11 is -0.121. The second-order valence-electron chi connectivity index (χ2n) is 5.13. The Kier molecular flexibility index (Phi) is 5.52. The first-order valence-electron chi connectivity index (χ1n) is 7.23. The van der Waals surface area contributed by atoms with Gasteiger partial charge in [-0.05, 0) is 50.2 Å². The van der Waals surface area contributed by atoms with Gasteiger partial charge >= 0.3 is 42.4 Å². The minimum Gasteiger partial charge on any atom is -0.0619 e. The summed E-state index contributed by atoms with van der Waals surface area (Å²) < 4.78 is 6.07. The zero-order valence-electron chi connectivity index (χ0n) is 12.7. The predicted molar refractivity (Wildman–Crippen MR) is 83.6 cm³/mol. The van der Waals surface area contributed by atoms with Crippen molar-refractivity contribution >= 4 is 0 Å². The van der Waals surface area contributed by atoms with Crippen LogP contribution in [0.15, 0.2) is 72.8 Å². The lowest BCUT2D eigenvalue weighted by Crippen LogP contribution is -3.62. The molecule has 0 fully saturated rings. The van der Waals surface area contributed by atoms with E-state index >= 15 is 0 Å². The molecule has 2 heteroatoms. The Labute approximate surface area is 153 Å². The van der Waals surface area contributed by atoms with E-state index in [4.69, 9.17) is 0 Å². The molecule has 0 radical (unpaired) electrons. The smallest absolute Gasteiger partial charge is 0.0619 e. The van der Waals surface area contributed by atoms with Gasteiger partial charge in [-0.2, -0.15) is 0 Å². The lowest BCUT2D eigenvalue weighted by Gasteiger charge is -1.96. The SMILES string of the molecule is Cc1cccc(C)c1[I+]c1ccc([I+]c2ccccc2)cc1. The zero-order valence-corrected chi connectivity index (χ0v) is 17.0. The van der Waals surface area contributed by atoms with Crippen LogP contribution >= 0.6 is 0 Å². The standard InChI is InChI=1S/C20H18I2/c1-15-7-6-8-16(2)20(15)22-19-13-11-18(12-14-19)21-17-9-4-3-5-10-17/h3-14H,1-2H3/q+2. The third kappa shape index (κ3) is 4.10. The van der Waals surface area contributed by atoms with E-state index in [-0.39, 0.29) is 42.4 Å². The lowest BCUT2D eigenvalue weighted by molar-refractivity contribution is -0.603. The van der Waals surface area contributed by atoms with Crippen molar-refractivity contribution in [2.75, 3.05) is 0 Å². The van der Waals surface area contributed by atoms with Crippen molar-refractivity contribution in [2.45, 2.75) is 13.8 Å². The average Bonchev–Trinajstić information content (AvgIpc) is 2.54. The fourth-order valence-corrected chi connectivity index (χ4v) is 6.98. The molecule has 3 rings (SSSR count). The molecule has 0 spiro atoms. The molecule has 3 aromatic carbocycles. The van der Waals surface area contributed by atoms with Crippen molar-refractivity contribution in [3.8, 4) is 0 Å². The van der Waals surface area contributed by atoms with E-state index in [1.54, 1.807) is 3.57 Å². The summed E-state index contributed by atoms with van der Waals surface area (Å²) in [5.41, 5.74) is 2.88. The molecule has 0 aromatic heterocycles. The second kappa shape index (κ2) is 7.59. The molecule has 0 aliphatic carbocycles. The van der Waals surface area contributed by atoms with Gasteiger partial charge in [0.2, 0.25) is 0 Å². The van der Waals surface area contributed by atoms with Crippen LogP contribution in [0.4, 0.5) is 0 Å². The van der Waals surface area contributed by atoms with Gasteiger partial charge in [0.15, 0.2) is 14.3 Å². The third-order valence-electron chi connectivity index (χ3n) is 3.34. The first-order chi connectivity index (χ1) is 10.7.